The van der Waals surface area contributed by atoms with Crippen molar-refractivity contribution in [2.75, 3.05) is 64.8 Å². The molecule has 9 heteroatoms. The molecular formula is C27H44N4O5. The number of carbonyl (C=O) groups is 1. The molecule has 1 aromatic carbocycles. The third-order valence-electron chi connectivity index (χ3n) is 7.74. The van der Waals surface area contributed by atoms with Crippen molar-refractivity contribution in [1.29, 1.82) is 0 Å². The van der Waals surface area contributed by atoms with E-state index in [0.29, 0.717) is 49.1 Å². The van der Waals surface area contributed by atoms with E-state index in [1.807, 2.05) is 19.9 Å². The number of fused-ring (bicyclic) bond motifs is 3. The molecule has 202 valence electrons. The van der Waals surface area contributed by atoms with Gasteiger partial charge in [-0.25, -0.2) is 0 Å². The number of hydrogen-bond donors (Lipinski definition) is 3. The third kappa shape index (κ3) is 7.32. The number of anilines is 1. The van der Waals surface area contributed by atoms with Crippen LogP contribution >= 0.6 is 0 Å². The summed E-state index contributed by atoms with van der Waals surface area (Å²) in [7, 11) is 0. The molecule has 4 heterocycles. The van der Waals surface area contributed by atoms with Crippen LogP contribution in [0, 0.1) is 12.8 Å². The van der Waals surface area contributed by atoms with Crippen LogP contribution < -0.4 is 15.8 Å². The van der Waals surface area contributed by atoms with Gasteiger partial charge in [-0.2, -0.15) is 0 Å². The molecule has 2 bridgehead atoms. The minimum atomic E-state index is -0.869. The van der Waals surface area contributed by atoms with E-state index in [0.717, 1.165) is 70.5 Å². The van der Waals surface area contributed by atoms with Crippen molar-refractivity contribution in [1.82, 2.24) is 15.1 Å². The first-order chi connectivity index (χ1) is 17.4. The van der Waals surface area contributed by atoms with Gasteiger partial charge in [-0.15, -0.1) is 0 Å². The number of aryl methyl sites for hydroxylation is 1. The molecule has 1 aromatic rings. The Kier molecular flexibility index (Phi) is 9.84. The number of morpholine rings is 1. The molecule has 0 amide bonds. The summed E-state index contributed by atoms with van der Waals surface area (Å²) in [6, 6.07) is 3.64. The molecule has 3 atom stereocenters. The van der Waals surface area contributed by atoms with Crippen molar-refractivity contribution in [3.8, 4) is 5.75 Å². The standard InChI is InChI=1S/C27H44N4O5/c1-3-34-24-15-23(28)19(2)14-22(24)27(33)29-16-21-17-30(12-13-35-21)9-5-4-6-26(32)36-25-18-31-10-7-20(25)8-11-31/h14-15,20-21,25,27,29,33H,3-13,16-18,28H2,1-2H3/t21-,25-,27?/m0/s1. The van der Waals surface area contributed by atoms with Crippen LogP contribution in [0.25, 0.3) is 0 Å². The van der Waals surface area contributed by atoms with Gasteiger partial charge in [0, 0.05) is 49.9 Å². The summed E-state index contributed by atoms with van der Waals surface area (Å²) >= 11 is 0. The number of aliphatic hydroxyl groups is 1. The first-order valence-corrected chi connectivity index (χ1v) is 13.6. The van der Waals surface area contributed by atoms with E-state index in [1.54, 1.807) is 6.07 Å². The molecule has 4 aliphatic heterocycles. The fraction of sp³-hybridized carbons (Fsp3) is 0.741. The summed E-state index contributed by atoms with van der Waals surface area (Å²) in [5, 5.41) is 14.0. The van der Waals surface area contributed by atoms with Crippen LogP contribution in [0.15, 0.2) is 12.1 Å². The number of esters is 1. The number of carbonyl (C=O) groups excluding carboxylic acids is 1. The zero-order valence-electron chi connectivity index (χ0n) is 21.9. The SMILES string of the molecule is CCOc1cc(N)c(C)cc1C(O)NC[C@H]1CN(CCCCC(=O)O[C@H]2CN3CCC2CC3)CCO1. The maximum Gasteiger partial charge on any atom is 0.306 e. The summed E-state index contributed by atoms with van der Waals surface area (Å²) < 4.78 is 17.4. The highest BCUT2D eigenvalue weighted by atomic mass is 16.5. The maximum atomic E-state index is 12.3. The lowest BCUT2D eigenvalue weighted by Gasteiger charge is -2.43. The molecule has 9 nitrogen and oxygen atoms in total. The van der Waals surface area contributed by atoms with Crippen molar-refractivity contribution in [3.05, 3.63) is 23.3 Å². The minimum absolute atomic E-state index is 0.0134. The first kappa shape index (κ1) is 27.1. The highest BCUT2D eigenvalue weighted by molar-refractivity contribution is 5.69. The number of nitrogens with one attached hydrogen (secondary N) is 1. The number of rotatable bonds is 12. The van der Waals surface area contributed by atoms with E-state index in [-0.39, 0.29) is 18.2 Å². The number of piperidine rings is 3. The lowest BCUT2D eigenvalue weighted by molar-refractivity contribution is -0.158. The zero-order valence-corrected chi connectivity index (χ0v) is 21.9. The summed E-state index contributed by atoms with van der Waals surface area (Å²) in [5.41, 5.74) is 8.25. The molecule has 0 aromatic heterocycles. The molecule has 4 saturated heterocycles. The molecule has 4 N–H and O–H groups in total. The second-order valence-electron chi connectivity index (χ2n) is 10.4. The first-order valence-electron chi connectivity index (χ1n) is 13.6. The fourth-order valence-electron chi connectivity index (χ4n) is 5.56. The number of aliphatic hydroxyl groups excluding tert-OH is 1. The van der Waals surface area contributed by atoms with Gasteiger partial charge in [0.25, 0.3) is 0 Å². The average molecular weight is 505 g/mol. The Morgan fingerprint density at radius 1 is 1.25 bits per heavy atom. The Hall–Kier alpha value is -1.91. The highest BCUT2D eigenvalue weighted by Gasteiger charge is 2.36. The maximum absolute atomic E-state index is 12.3. The fourth-order valence-corrected chi connectivity index (χ4v) is 5.56. The van der Waals surface area contributed by atoms with Crippen molar-refractivity contribution < 1.29 is 24.1 Å². The molecule has 0 spiro atoms. The largest absolute Gasteiger partial charge is 0.493 e. The Morgan fingerprint density at radius 3 is 2.78 bits per heavy atom. The molecule has 0 radical (unpaired) electrons. The van der Waals surface area contributed by atoms with Crippen LogP contribution in [0.4, 0.5) is 5.69 Å². The van der Waals surface area contributed by atoms with Gasteiger partial charge < -0.3 is 25.1 Å². The van der Waals surface area contributed by atoms with Crippen molar-refractivity contribution >= 4 is 11.7 Å². The van der Waals surface area contributed by atoms with Crippen LogP contribution in [-0.2, 0) is 14.3 Å². The van der Waals surface area contributed by atoms with Crippen molar-refractivity contribution in [2.24, 2.45) is 5.92 Å². The van der Waals surface area contributed by atoms with Gasteiger partial charge >= 0.3 is 5.97 Å². The molecule has 1 unspecified atom stereocenters. The monoisotopic (exact) mass is 504 g/mol. The summed E-state index contributed by atoms with van der Waals surface area (Å²) in [4.78, 5) is 17.1. The topological polar surface area (TPSA) is 110 Å². The Balaban J connectivity index is 1.14. The molecular weight excluding hydrogens is 460 g/mol. The zero-order chi connectivity index (χ0) is 25.5. The van der Waals surface area contributed by atoms with E-state index >= 15 is 0 Å². The van der Waals surface area contributed by atoms with Crippen LogP contribution in [0.3, 0.4) is 0 Å². The minimum Gasteiger partial charge on any atom is -0.493 e. The van der Waals surface area contributed by atoms with E-state index in [2.05, 4.69) is 15.1 Å². The second-order valence-corrected chi connectivity index (χ2v) is 10.4. The highest BCUT2D eigenvalue weighted by Crippen LogP contribution is 2.30. The van der Waals surface area contributed by atoms with Crippen LogP contribution in [0.2, 0.25) is 0 Å². The van der Waals surface area contributed by atoms with E-state index in [1.165, 1.54) is 0 Å². The summed E-state index contributed by atoms with van der Waals surface area (Å²) in [5.74, 6) is 1.11. The van der Waals surface area contributed by atoms with E-state index in [4.69, 9.17) is 19.9 Å². The number of unbranched alkanes of at least 4 members (excludes halogenated alkanes) is 1. The molecule has 4 fully saturated rings. The van der Waals surface area contributed by atoms with Crippen LogP contribution in [0.5, 0.6) is 5.75 Å². The smallest absolute Gasteiger partial charge is 0.306 e. The van der Waals surface area contributed by atoms with Crippen LogP contribution in [-0.4, -0.2) is 92.1 Å². The Labute approximate surface area is 215 Å². The lowest BCUT2D eigenvalue weighted by atomic mass is 9.86. The third-order valence-corrected chi connectivity index (χ3v) is 7.74. The van der Waals surface area contributed by atoms with Crippen molar-refractivity contribution in [2.45, 2.75) is 64.4 Å². The van der Waals surface area contributed by atoms with Crippen molar-refractivity contribution in [3.63, 3.8) is 0 Å². The van der Waals surface area contributed by atoms with E-state index < -0.39 is 6.23 Å². The predicted octanol–water partition coefficient (Wildman–Crippen LogP) is 2.06. The second kappa shape index (κ2) is 13.1. The molecule has 5 rings (SSSR count). The van der Waals surface area contributed by atoms with Gasteiger partial charge in [0.2, 0.25) is 0 Å². The van der Waals surface area contributed by atoms with Gasteiger partial charge in [0.05, 0.1) is 19.3 Å². The van der Waals surface area contributed by atoms with Gasteiger partial charge in [-0.3, -0.25) is 19.9 Å². The number of benzene rings is 1. The molecule has 36 heavy (non-hydrogen) atoms. The number of nitrogens with zero attached hydrogens (tertiary/aromatic N) is 2. The van der Waals surface area contributed by atoms with Gasteiger partial charge in [0.1, 0.15) is 18.1 Å². The molecule has 0 saturated carbocycles. The summed E-state index contributed by atoms with van der Waals surface area (Å²) in [6.07, 6.45) is 3.84. The number of ether oxygens (including phenoxy) is 3. The normalized spacial score (nSPS) is 27.1. The quantitative estimate of drug-likeness (QED) is 0.171. The summed E-state index contributed by atoms with van der Waals surface area (Å²) in [6.45, 7) is 11.4. The Morgan fingerprint density at radius 2 is 2.06 bits per heavy atom. The lowest BCUT2D eigenvalue weighted by Crippen LogP contribution is -2.51. The van der Waals surface area contributed by atoms with Crippen LogP contribution in [0.1, 0.15) is 56.4 Å². The number of nitrogens with two attached hydrogens (primary N) is 1. The van der Waals surface area contributed by atoms with Gasteiger partial charge in [-0.1, -0.05) is 0 Å². The average Bonchev–Trinajstić information content (AvgIpc) is 2.88. The number of hydrogen-bond acceptors (Lipinski definition) is 9. The number of nitrogen functional groups attached to an aromatic ring is 1. The van der Waals surface area contributed by atoms with Gasteiger partial charge in [0.15, 0.2) is 0 Å². The Bertz CT molecular complexity index is 861. The van der Waals surface area contributed by atoms with Gasteiger partial charge in [-0.05, 0) is 76.7 Å². The predicted molar refractivity (Wildman–Crippen MR) is 139 cm³/mol. The molecule has 4 aliphatic rings. The molecule has 0 aliphatic carbocycles. The van der Waals surface area contributed by atoms with E-state index in [9.17, 15) is 9.90 Å².